The molecular weight excluding hydrogens is 464 g/mol. The third-order valence-electron chi connectivity index (χ3n) is 6.91. The highest BCUT2D eigenvalue weighted by molar-refractivity contribution is 5.95. The minimum atomic E-state index is 0. The lowest BCUT2D eigenvalue weighted by molar-refractivity contribution is -0.115. The Morgan fingerprint density at radius 1 is 0.861 bits per heavy atom. The molecule has 0 bridgehead atoms. The predicted octanol–water partition coefficient (Wildman–Crippen LogP) is 7.55. The van der Waals surface area contributed by atoms with E-state index in [4.69, 9.17) is 0 Å². The van der Waals surface area contributed by atoms with Crippen molar-refractivity contribution in [2.24, 2.45) is 0 Å². The van der Waals surface area contributed by atoms with Crippen molar-refractivity contribution < 1.29 is 4.79 Å². The Kier molecular flexibility index (Phi) is 8.58. The quantitative estimate of drug-likeness (QED) is 0.309. The van der Waals surface area contributed by atoms with Gasteiger partial charge in [0.25, 0.3) is 0 Å². The number of anilines is 1. The number of rotatable bonds is 5. The summed E-state index contributed by atoms with van der Waals surface area (Å²) < 4.78 is 0. The number of benzene rings is 3. The first-order chi connectivity index (χ1) is 17.2. The Labute approximate surface area is 220 Å². The maximum absolute atomic E-state index is 11.5. The van der Waals surface area contributed by atoms with Crippen LogP contribution in [0.5, 0.6) is 0 Å². The second-order valence-electron chi connectivity index (χ2n) is 9.21. The van der Waals surface area contributed by atoms with Gasteiger partial charge >= 0.3 is 0 Å². The Morgan fingerprint density at radius 2 is 1.44 bits per heavy atom. The molecule has 0 unspecified atom stereocenters. The number of hydrogen-bond donors (Lipinski definition) is 1. The molecule has 1 amide bonds. The number of carbonyl (C=O) groups excluding carboxylic acids is 1. The molecule has 1 aliphatic heterocycles. The Hall–Kier alpha value is -3.40. The molecule has 5 rings (SSSR count). The van der Waals surface area contributed by atoms with E-state index < -0.39 is 0 Å². The summed E-state index contributed by atoms with van der Waals surface area (Å²) in [6.07, 6.45) is 11.6. The van der Waals surface area contributed by atoms with Crippen LogP contribution in [0.4, 0.5) is 5.69 Å². The second-order valence-corrected chi connectivity index (χ2v) is 9.21. The molecule has 2 aliphatic rings. The van der Waals surface area contributed by atoms with Crippen molar-refractivity contribution in [2.75, 3.05) is 25.0 Å². The van der Waals surface area contributed by atoms with E-state index >= 15 is 0 Å². The van der Waals surface area contributed by atoms with Crippen LogP contribution in [0.2, 0.25) is 0 Å². The number of nitrogens with zero attached hydrogens (tertiary/aromatic N) is 1. The smallest absolute Gasteiger partial charge is 0.224 e. The van der Waals surface area contributed by atoms with Crippen molar-refractivity contribution in [3.8, 4) is 0 Å². The van der Waals surface area contributed by atoms with E-state index in [1.165, 1.54) is 27.8 Å². The largest absolute Gasteiger partial charge is 0.326 e. The summed E-state index contributed by atoms with van der Waals surface area (Å²) >= 11 is 0. The number of amides is 1. The van der Waals surface area contributed by atoms with Crippen molar-refractivity contribution in [1.29, 1.82) is 0 Å². The summed E-state index contributed by atoms with van der Waals surface area (Å²) in [6.45, 7) is 4.95. The summed E-state index contributed by atoms with van der Waals surface area (Å²) in [6, 6.07) is 25.6. The fourth-order valence-electron chi connectivity index (χ4n) is 4.97. The molecule has 0 spiro atoms. The van der Waals surface area contributed by atoms with Crippen molar-refractivity contribution in [2.45, 2.75) is 26.2 Å². The second kappa shape index (κ2) is 12.0. The van der Waals surface area contributed by atoms with Crippen LogP contribution in [0, 0.1) is 0 Å². The fourth-order valence-corrected chi connectivity index (χ4v) is 4.97. The maximum atomic E-state index is 11.5. The van der Waals surface area contributed by atoms with Gasteiger partial charge < -0.3 is 5.32 Å². The molecule has 1 saturated heterocycles. The van der Waals surface area contributed by atoms with Gasteiger partial charge in [-0.1, -0.05) is 97.5 Å². The summed E-state index contributed by atoms with van der Waals surface area (Å²) in [4.78, 5) is 14.1. The average molecular weight is 497 g/mol. The molecule has 4 heteroatoms. The Balaban J connectivity index is 0.00000304. The standard InChI is InChI=1S/C32H32N2O.ClH/c1-2-31(35)33-28-17-13-24(14-18-28)8-7-21-34-22-19-27(20-23-34)32-29-11-5-3-9-25(29)15-16-26-10-4-6-12-30(26)32;/h3-18H,2,19-23H2,1H3,(H,33,35);1H/b8-7+;. The minimum Gasteiger partial charge on any atom is -0.326 e. The maximum Gasteiger partial charge on any atom is 0.224 e. The summed E-state index contributed by atoms with van der Waals surface area (Å²) in [5, 5.41) is 2.89. The van der Waals surface area contributed by atoms with E-state index in [9.17, 15) is 4.79 Å². The van der Waals surface area contributed by atoms with Crippen molar-refractivity contribution in [3.63, 3.8) is 0 Å². The molecule has 3 aromatic carbocycles. The van der Waals surface area contributed by atoms with Gasteiger partial charge in [-0.3, -0.25) is 9.69 Å². The predicted molar refractivity (Wildman–Crippen MR) is 155 cm³/mol. The number of likely N-dealkylation sites (tertiary alicyclic amines) is 1. The van der Waals surface area contributed by atoms with Gasteiger partial charge in [0.2, 0.25) is 5.91 Å². The average Bonchev–Trinajstić information content (AvgIpc) is 3.07. The van der Waals surface area contributed by atoms with Crippen molar-refractivity contribution >= 4 is 47.8 Å². The number of carbonyl (C=O) groups is 1. The molecule has 0 aromatic heterocycles. The van der Waals surface area contributed by atoms with E-state index in [0.717, 1.165) is 43.7 Å². The normalized spacial score (nSPS) is 15.1. The number of fused-ring (bicyclic) bond motifs is 2. The van der Waals surface area contributed by atoms with Gasteiger partial charge in [-0.25, -0.2) is 0 Å². The lowest BCUT2D eigenvalue weighted by atomic mass is 9.86. The topological polar surface area (TPSA) is 32.3 Å². The van der Waals surface area contributed by atoms with E-state index in [-0.39, 0.29) is 18.3 Å². The highest BCUT2D eigenvalue weighted by atomic mass is 35.5. The number of hydrogen-bond acceptors (Lipinski definition) is 2. The molecule has 36 heavy (non-hydrogen) atoms. The summed E-state index contributed by atoms with van der Waals surface area (Å²) in [5.74, 6) is 0.0415. The number of nitrogens with one attached hydrogen (secondary N) is 1. The molecule has 1 aliphatic carbocycles. The van der Waals surface area contributed by atoms with Gasteiger partial charge in [0.05, 0.1) is 0 Å². The van der Waals surface area contributed by atoms with Gasteiger partial charge in [-0.05, 0) is 58.4 Å². The van der Waals surface area contributed by atoms with Gasteiger partial charge in [0, 0.05) is 31.7 Å². The molecule has 184 valence electrons. The van der Waals surface area contributed by atoms with Crippen LogP contribution < -0.4 is 5.32 Å². The molecule has 0 atom stereocenters. The first-order valence-corrected chi connectivity index (χ1v) is 12.6. The van der Waals surface area contributed by atoms with Gasteiger partial charge in [-0.2, -0.15) is 0 Å². The summed E-state index contributed by atoms with van der Waals surface area (Å²) in [7, 11) is 0. The highest BCUT2D eigenvalue weighted by Gasteiger charge is 2.22. The Morgan fingerprint density at radius 3 is 2.03 bits per heavy atom. The molecule has 0 radical (unpaired) electrons. The lowest BCUT2D eigenvalue weighted by Crippen LogP contribution is -2.31. The zero-order valence-electron chi connectivity index (χ0n) is 20.7. The Bertz CT molecular complexity index is 1240. The van der Waals surface area contributed by atoms with Crippen LogP contribution in [0.3, 0.4) is 0 Å². The lowest BCUT2D eigenvalue weighted by Gasteiger charge is -2.29. The van der Waals surface area contributed by atoms with Crippen LogP contribution in [-0.2, 0) is 4.79 Å². The molecule has 0 saturated carbocycles. The SMILES string of the molecule is CCC(=O)Nc1ccc(/C=C/CN2CCC(=C3c4ccccc4C=Cc4ccccc43)CC2)cc1.Cl. The van der Waals surface area contributed by atoms with Crippen LogP contribution in [-0.4, -0.2) is 30.4 Å². The van der Waals surface area contributed by atoms with Gasteiger partial charge in [0.1, 0.15) is 0 Å². The van der Waals surface area contributed by atoms with Crippen LogP contribution >= 0.6 is 12.4 Å². The number of halogens is 1. The summed E-state index contributed by atoms with van der Waals surface area (Å²) in [5.41, 5.74) is 10.3. The molecule has 1 N–H and O–H groups in total. The third kappa shape index (κ3) is 5.87. The molecule has 1 fully saturated rings. The minimum absolute atomic E-state index is 0. The zero-order chi connectivity index (χ0) is 24.0. The number of piperidine rings is 1. The van der Waals surface area contributed by atoms with Gasteiger partial charge in [-0.15, -0.1) is 12.4 Å². The van der Waals surface area contributed by atoms with Crippen LogP contribution in [0.1, 0.15) is 54.0 Å². The molecule has 1 heterocycles. The van der Waals surface area contributed by atoms with Crippen molar-refractivity contribution in [1.82, 2.24) is 4.90 Å². The van der Waals surface area contributed by atoms with Crippen LogP contribution in [0.25, 0.3) is 23.8 Å². The van der Waals surface area contributed by atoms with E-state index in [0.29, 0.717) is 6.42 Å². The van der Waals surface area contributed by atoms with E-state index in [2.05, 4.69) is 95.2 Å². The van der Waals surface area contributed by atoms with E-state index in [1.54, 1.807) is 5.57 Å². The first-order valence-electron chi connectivity index (χ1n) is 12.6. The fraction of sp³-hybridized carbons (Fsp3) is 0.219. The van der Waals surface area contributed by atoms with Crippen molar-refractivity contribution in [3.05, 3.63) is 112 Å². The van der Waals surface area contributed by atoms with Gasteiger partial charge in [0.15, 0.2) is 0 Å². The van der Waals surface area contributed by atoms with E-state index in [1.807, 2.05) is 19.1 Å². The molecule has 3 aromatic rings. The monoisotopic (exact) mass is 496 g/mol. The van der Waals surface area contributed by atoms with Crippen LogP contribution in [0.15, 0.2) is 84.4 Å². The highest BCUT2D eigenvalue weighted by Crippen LogP contribution is 2.38. The third-order valence-corrected chi connectivity index (χ3v) is 6.91. The molecule has 3 nitrogen and oxygen atoms in total. The zero-order valence-corrected chi connectivity index (χ0v) is 21.6. The molecular formula is C32H33ClN2O. The first kappa shape index (κ1) is 25.7.